The number of carbonyl (C=O) groups is 2. The minimum atomic E-state index is -1.11. The second-order valence-corrected chi connectivity index (χ2v) is 5.66. The number of nitrogens with one attached hydrogen (secondary N) is 1. The first kappa shape index (κ1) is 18.1. The summed E-state index contributed by atoms with van der Waals surface area (Å²) in [6, 6.07) is 19.0. The minimum Gasteiger partial charge on any atom is -0.497 e. The Hall–Kier alpha value is -3.67. The predicted octanol–water partition coefficient (Wildman–Crippen LogP) is 3.63. The lowest BCUT2D eigenvalue weighted by Crippen LogP contribution is -2.26. The second-order valence-electron chi connectivity index (χ2n) is 5.66. The van der Waals surface area contributed by atoms with Gasteiger partial charge in [0, 0.05) is 29.7 Å². The van der Waals surface area contributed by atoms with Gasteiger partial charge in [0.2, 0.25) is 6.10 Å². The fourth-order valence-corrected chi connectivity index (χ4v) is 2.47. The monoisotopic (exact) mass is 362 g/mol. The van der Waals surface area contributed by atoms with Crippen molar-refractivity contribution in [1.29, 1.82) is 0 Å². The topological polar surface area (TPSA) is 77.5 Å². The second kappa shape index (κ2) is 8.62. The number of aromatic nitrogens is 1. The molecule has 0 bridgehead atoms. The van der Waals surface area contributed by atoms with E-state index < -0.39 is 18.0 Å². The van der Waals surface area contributed by atoms with Crippen LogP contribution in [0.3, 0.4) is 0 Å². The lowest BCUT2D eigenvalue weighted by atomic mass is 10.1. The number of esters is 1. The Labute approximate surface area is 156 Å². The van der Waals surface area contributed by atoms with Gasteiger partial charge in [-0.15, -0.1) is 0 Å². The zero-order valence-corrected chi connectivity index (χ0v) is 14.7. The third-order valence-corrected chi connectivity index (χ3v) is 3.80. The molecule has 27 heavy (non-hydrogen) atoms. The van der Waals surface area contributed by atoms with E-state index in [2.05, 4.69) is 10.3 Å². The fourth-order valence-electron chi connectivity index (χ4n) is 2.47. The predicted molar refractivity (Wildman–Crippen MR) is 100 cm³/mol. The highest BCUT2D eigenvalue weighted by Crippen LogP contribution is 2.23. The summed E-state index contributed by atoms with van der Waals surface area (Å²) in [6.45, 7) is 0. The molecule has 0 saturated carbocycles. The van der Waals surface area contributed by atoms with Gasteiger partial charge >= 0.3 is 5.97 Å². The largest absolute Gasteiger partial charge is 0.497 e. The number of pyridine rings is 1. The van der Waals surface area contributed by atoms with Crippen molar-refractivity contribution in [2.75, 3.05) is 12.4 Å². The highest BCUT2D eigenvalue weighted by Gasteiger charge is 2.26. The number of methoxy groups -OCH3 is 1. The average molecular weight is 362 g/mol. The molecule has 3 aromatic rings. The van der Waals surface area contributed by atoms with Crippen molar-refractivity contribution in [3.05, 3.63) is 90.3 Å². The molecule has 0 unspecified atom stereocenters. The molecule has 0 aliphatic heterocycles. The Kier molecular flexibility index (Phi) is 5.79. The fraction of sp³-hybridized carbons (Fsp3) is 0.0952. The SMILES string of the molecule is COc1cccc(NC(=O)[C@H](OC(=O)c2cccnc2)c2ccccc2)c1. The molecule has 0 spiro atoms. The molecule has 136 valence electrons. The minimum absolute atomic E-state index is 0.271. The number of nitrogens with zero attached hydrogens (tertiary/aromatic N) is 1. The molecule has 1 amide bonds. The Bertz CT molecular complexity index is 914. The molecule has 0 aliphatic rings. The molecule has 0 radical (unpaired) electrons. The summed E-state index contributed by atoms with van der Waals surface area (Å²) in [7, 11) is 1.55. The van der Waals surface area contributed by atoms with E-state index in [1.807, 2.05) is 6.07 Å². The Balaban J connectivity index is 1.83. The van der Waals surface area contributed by atoms with Crippen LogP contribution in [0.15, 0.2) is 79.1 Å². The number of rotatable bonds is 6. The Morgan fingerprint density at radius 2 is 1.81 bits per heavy atom. The van der Waals surface area contributed by atoms with Crippen molar-refractivity contribution in [3.8, 4) is 5.75 Å². The molecule has 1 aromatic heterocycles. The van der Waals surface area contributed by atoms with E-state index in [1.54, 1.807) is 74.0 Å². The third-order valence-electron chi connectivity index (χ3n) is 3.80. The first-order valence-corrected chi connectivity index (χ1v) is 8.28. The molecule has 0 saturated heterocycles. The summed E-state index contributed by atoms with van der Waals surface area (Å²) in [5.41, 5.74) is 1.38. The number of amides is 1. The highest BCUT2D eigenvalue weighted by atomic mass is 16.5. The van der Waals surface area contributed by atoms with Crippen LogP contribution in [-0.2, 0) is 9.53 Å². The molecule has 1 heterocycles. The van der Waals surface area contributed by atoms with Crippen LogP contribution in [0.4, 0.5) is 5.69 Å². The lowest BCUT2D eigenvalue weighted by Gasteiger charge is -2.18. The molecule has 0 fully saturated rings. The first-order valence-electron chi connectivity index (χ1n) is 8.28. The van der Waals surface area contributed by atoms with Gasteiger partial charge in [-0.2, -0.15) is 0 Å². The molecular weight excluding hydrogens is 344 g/mol. The number of carbonyl (C=O) groups excluding carboxylic acids is 2. The molecule has 6 heteroatoms. The molecule has 3 rings (SSSR count). The Morgan fingerprint density at radius 3 is 2.52 bits per heavy atom. The zero-order valence-electron chi connectivity index (χ0n) is 14.7. The number of ether oxygens (including phenoxy) is 2. The normalized spacial score (nSPS) is 11.3. The van der Waals surface area contributed by atoms with Gasteiger partial charge in [0.25, 0.3) is 5.91 Å². The quantitative estimate of drug-likeness (QED) is 0.678. The van der Waals surface area contributed by atoms with E-state index in [0.29, 0.717) is 17.0 Å². The molecule has 1 atom stereocenters. The summed E-state index contributed by atoms with van der Waals surface area (Å²) in [4.78, 5) is 29.2. The molecule has 1 N–H and O–H groups in total. The van der Waals surface area contributed by atoms with Crippen LogP contribution in [0.5, 0.6) is 5.75 Å². The summed E-state index contributed by atoms with van der Waals surface area (Å²) in [5, 5.41) is 2.76. The van der Waals surface area contributed by atoms with Gasteiger partial charge in [-0.3, -0.25) is 9.78 Å². The molecule has 6 nitrogen and oxygen atoms in total. The van der Waals surface area contributed by atoms with Crippen LogP contribution in [-0.4, -0.2) is 24.0 Å². The standard InChI is InChI=1S/C21H18N2O4/c1-26-18-11-5-10-17(13-18)23-20(24)19(15-7-3-2-4-8-15)27-21(25)16-9-6-12-22-14-16/h2-14,19H,1H3,(H,23,24)/t19-/m1/s1. The maximum atomic E-state index is 12.8. The van der Waals surface area contributed by atoms with Gasteiger partial charge in [0.15, 0.2) is 0 Å². The summed E-state index contributed by atoms with van der Waals surface area (Å²) in [5.74, 6) is -0.485. The van der Waals surface area contributed by atoms with Crippen molar-refractivity contribution >= 4 is 17.6 Å². The molecule has 0 aliphatic carbocycles. The van der Waals surface area contributed by atoms with Crippen molar-refractivity contribution in [2.24, 2.45) is 0 Å². The van der Waals surface area contributed by atoms with Crippen LogP contribution < -0.4 is 10.1 Å². The first-order chi connectivity index (χ1) is 13.2. The number of anilines is 1. The van der Waals surface area contributed by atoms with E-state index in [1.165, 1.54) is 6.20 Å². The molecular formula is C21H18N2O4. The summed E-state index contributed by atoms with van der Waals surface area (Å²) in [6.07, 6.45) is 1.84. The van der Waals surface area contributed by atoms with Gasteiger partial charge in [-0.1, -0.05) is 36.4 Å². The third kappa shape index (κ3) is 4.70. The lowest BCUT2D eigenvalue weighted by molar-refractivity contribution is -0.125. The van der Waals surface area contributed by atoms with E-state index in [9.17, 15) is 9.59 Å². The summed E-state index contributed by atoms with van der Waals surface area (Å²) >= 11 is 0. The molecule has 2 aromatic carbocycles. The van der Waals surface area contributed by atoms with Crippen molar-refractivity contribution in [2.45, 2.75) is 6.10 Å². The Morgan fingerprint density at radius 1 is 1.00 bits per heavy atom. The smallest absolute Gasteiger partial charge is 0.340 e. The van der Waals surface area contributed by atoms with Crippen molar-refractivity contribution in [1.82, 2.24) is 4.98 Å². The van der Waals surface area contributed by atoms with Crippen molar-refractivity contribution < 1.29 is 19.1 Å². The number of hydrogen-bond acceptors (Lipinski definition) is 5. The van der Waals surface area contributed by atoms with Gasteiger partial charge in [-0.25, -0.2) is 4.79 Å². The maximum Gasteiger partial charge on any atom is 0.340 e. The van der Waals surface area contributed by atoms with E-state index in [0.717, 1.165) is 0 Å². The average Bonchev–Trinajstić information content (AvgIpc) is 2.73. The number of benzene rings is 2. The van der Waals surface area contributed by atoms with Gasteiger partial charge in [0.05, 0.1) is 12.7 Å². The van der Waals surface area contributed by atoms with Crippen LogP contribution >= 0.6 is 0 Å². The van der Waals surface area contributed by atoms with Gasteiger partial charge in [-0.05, 0) is 24.3 Å². The van der Waals surface area contributed by atoms with Gasteiger partial charge in [0.1, 0.15) is 5.75 Å². The van der Waals surface area contributed by atoms with E-state index in [4.69, 9.17) is 9.47 Å². The van der Waals surface area contributed by atoms with Crippen LogP contribution in [0, 0.1) is 0 Å². The van der Waals surface area contributed by atoms with E-state index in [-0.39, 0.29) is 5.56 Å². The maximum absolute atomic E-state index is 12.8. The van der Waals surface area contributed by atoms with Gasteiger partial charge < -0.3 is 14.8 Å². The van der Waals surface area contributed by atoms with Crippen LogP contribution in [0.25, 0.3) is 0 Å². The van der Waals surface area contributed by atoms with E-state index >= 15 is 0 Å². The van der Waals surface area contributed by atoms with Crippen molar-refractivity contribution in [3.63, 3.8) is 0 Å². The van der Waals surface area contributed by atoms with Crippen LogP contribution in [0.1, 0.15) is 22.0 Å². The number of hydrogen-bond donors (Lipinski definition) is 1. The summed E-state index contributed by atoms with van der Waals surface area (Å²) < 4.78 is 10.7. The van der Waals surface area contributed by atoms with Crippen LogP contribution in [0.2, 0.25) is 0 Å². The highest BCUT2D eigenvalue weighted by molar-refractivity contribution is 5.98. The zero-order chi connectivity index (χ0) is 19.1.